The Kier molecular flexibility index (Phi) is 2.56. The molecule has 0 spiro atoms. The highest BCUT2D eigenvalue weighted by atomic mass is 16.7. The van der Waals surface area contributed by atoms with Gasteiger partial charge in [-0.15, -0.1) is 0 Å². The summed E-state index contributed by atoms with van der Waals surface area (Å²) in [5, 5.41) is 4.89. The van der Waals surface area contributed by atoms with Gasteiger partial charge in [-0.25, -0.2) is 4.79 Å². The van der Waals surface area contributed by atoms with Crippen LogP contribution in [0.25, 0.3) is 0 Å². The molecule has 4 N–H and O–H groups in total. The zero-order valence-electron chi connectivity index (χ0n) is 10.1. The minimum absolute atomic E-state index is 0.154. The molecule has 1 aromatic carbocycles. The lowest BCUT2D eigenvalue weighted by atomic mass is 9.86. The van der Waals surface area contributed by atoms with Crippen molar-refractivity contribution in [3.05, 3.63) is 23.8 Å². The number of fused-ring (bicyclic) bond motifs is 1. The monoisotopic (exact) mass is 263 g/mol. The van der Waals surface area contributed by atoms with Gasteiger partial charge in [0, 0.05) is 0 Å². The van der Waals surface area contributed by atoms with Crippen LogP contribution in [-0.2, 0) is 10.3 Å². The molecule has 3 amide bonds. The van der Waals surface area contributed by atoms with Crippen LogP contribution < -0.4 is 25.8 Å². The molecule has 2 heterocycles. The highest BCUT2D eigenvalue weighted by molar-refractivity contribution is 6.07. The second kappa shape index (κ2) is 4.13. The number of nitrogens with two attached hydrogens (primary N) is 1. The van der Waals surface area contributed by atoms with Crippen molar-refractivity contribution in [2.24, 2.45) is 5.73 Å². The first-order chi connectivity index (χ1) is 9.15. The number of hydrogen-bond donors (Lipinski definition) is 3. The summed E-state index contributed by atoms with van der Waals surface area (Å²) < 4.78 is 10.5. The van der Waals surface area contributed by atoms with Gasteiger partial charge in [0.15, 0.2) is 11.5 Å². The molecule has 2 aliphatic rings. The molecule has 0 bridgehead atoms. The van der Waals surface area contributed by atoms with E-state index in [2.05, 4.69) is 10.6 Å². The van der Waals surface area contributed by atoms with Crippen LogP contribution in [0.1, 0.15) is 12.0 Å². The van der Waals surface area contributed by atoms with E-state index in [1.807, 2.05) is 0 Å². The largest absolute Gasteiger partial charge is 0.454 e. The fourth-order valence-electron chi connectivity index (χ4n) is 2.39. The Hall–Kier alpha value is -2.28. The van der Waals surface area contributed by atoms with E-state index in [0.717, 1.165) is 0 Å². The molecule has 2 aliphatic heterocycles. The van der Waals surface area contributed by atoms with Gasteiger partial charge in [-0.05, 0) is 30.7 Å². The van der Waals surface area contributed by atoms with E-state index in [9.17, 15) is 9.59 Å². The fraction of sp³-hybridized carbons (Fsp3) is 0.333. The fourth-order valence-corrected chi connectivity index (χ4v) is 2.39. The first-order valence-electron chi connectivity index (χ1n) is 5.89. The molecule has 7 nitrogen and oxygen atoms in total. The number of benzene rings is 1. The average molecular weight is 263 g/mol. The molecule has 0 radical (unpaired) electrons. The van der Waals surface area contributed by atoms with E-state index in [-0.39, 0.29) is 13.3 Å². The van der Waals surface area contributed by atoms with Crippen molar-refractivity contribution < 1.29 is 19.1 Å². The number of hydrogen-bond acceptors (Lipinski definition) is 5. The molecule has 19 heavy (non-hydrogen) atoms. The Morgan fingerprint density at radius 2 is 2.05 bits per heavy atom. The number of carbonyl (C=O) groups is 2. The smallest absolute Gasteiger partial charge is 0.322 e. The van der Waals surface area contributed by atoms with Crippen molar-refractivity contribution in [3.8, 4) is 11.5 Å². The first kappa shape index (κ1) is 11.8. The van der Waals surface area contributed by atoms with Gasteiger partial charge in [0.05, 0.1) is 0 Å². The number of rotatable bonds is 3. The predicted octanol–water partition coefficient (Wildman–Crippen LogP) is -0.201. The van der Waals surface area contributed by atoms with Crippen molar-refractivity contribution in [3.63, 3.8) is 0 Å². The average Bonchev–Trinajstić information content (AvgIpc) is 2.94. The van der Waals surface area contributed by atoms with Gasteiger partial charge in [0.2, 0.25) is 6.79 Å². The Labute approximate surface area is 109 Å². The third-order valence-electron chi connectivity index (χ3n) is 3.33. The van der Waals surface area contributed by atoms with Crippen molar-refractivity contribution in [2.45, 2.75) is 12.0 Å². The van der Waals surface area contributed by atoms with E-state index in [0.29, 0.717) is 23.5 Å². The molecular weight excluding hydrogens is 250 g/mol. The molecule has 1 aromatic rings. The maximum atomic E-state index is 12.1. The number of urea groups is 1. The number of amides is 3. The van der Waals surface area contributed by atoms with Gasteiger partial charge >= 0.3 is 6.03 Å². The molecule has 3 rings (SSSR count). The Morgan fingerprint density at radius 1 is 1.26 bits per heavy atom. The van der Waals surface area contributed by atoms with Crippen LogP contribution in [-0.4, -0.2) is 25.3 Å². The topological polar surface area (TPSA) is 103 Å². The predicted molar refractivity (Wildman–Crippen MR) is 64.6 cm³/mol. The lowest BCUT2D eigenvalue weighted by molar-refractivity contribution is -0.124. The minimum Gasteiger partial charge on any atom is -0.454 e. The third kappa shape index (κ3) is 1.70. The summed E-state index contributed by atoms with van der Waals surface area (Å²) in [4.78, 5) is 23.5. The van der Waals surface area contributed by atoms with Crippen LogP contribution in [0.15, 0.2) is 18.2 Å². The number of carbonyl (C=O) groups excluding carboxylic acids is 2. The summed E-state index contributed by atoms with van der Waals surface area (Å²) in [5.41, 5.74) is 5.06. The molecular formula is C12H13N3O4. The lowest BCUT2D eigenvalue weighted by Gasteiger charge is -2.26. The van der Waals surface area contributed by atoms with E-state index in [4.69, 9.17) is 15.2 Å². The second-order valence-corrected chi connectivity index (χ2v) is 4.42. The number of imide groups is 1. The van der Waals surface area contributed by atoms with Gasteiger partial charge in [-0.3, -0.25) is 10.1 Å². The van der Waals surface area contributed by atoms with Crippen molar-refractivity contribution in [1.29, 1.82) is 0 Å². The summed E-state index contributed by atoms with van der Waals surface area (Å²) >= 11 is 0. The summed E-state index contributed by atoms with van der Waals surface area (Å²) in [6.07, 6.45) is 0.310. The zero-order chi connectivity index (χ0) is 13.5. The van der Waals surface area contributed by atoms with E-state index >= 15 is 0 Å². The Balaban J connectivity index is 2.05. The van der Waals surface area contributed by atoms with Crippen LogP contribution in [0, 0.1) is 0 Å². The molecule has 1 fully saturated rings. The van der Waals surface area contributed by atoms with Crippen LogP contribution in [0.4, 0.5) is 4.79 Å². The van der Waals surface area contributed by atoms with Gasteiger partial charge in [0.1, 0.15) is 5.54 Å². The SMILES string of the molecule is NCCC1(c2ccc3c(c2)OCO3)NC(=O)NC1=O. The molecule has 100 valence electrons. The summed E-state index contributed by atoms with van der Waals surface area (Å²) in [6.45, 7) is 0.420. The summed E-state index contributed by atoms with van der Waals surface area (Å²) in [6, 6.07) is 4.63. The first-order valence-corrected chi connectivity index (χ1v) is 5.89. The van der Waals surface area contributed by atoms with Crippen LogP contribution in [0.3, 0.4) is 0 Å². The van der Waals surface area contributed by atoms with Crippen molar-refractivity contribution >= 4 is 11.9 Å². The molecule has 7 heteroatoms. The molecule has 0 aliphatic carbocycles. The maximum Gasteiger partial charge on any atom is 0.322 e. The standard InChI is InChI=1S/C12H13N3O4/c13-4-3-12(10(16)14-11(17)15-12)7-1-2-8-9(5-7)19-6-18-8/h1-2,5H,3-4,6,13H2,(H2,14,15,16,17). The highest BCUT2D eigenvalue weighted by Gasteiger charge is 2.47. The summed E-state index contributed by atoms with van der Waals surface area (Å²) in [5.74, 6) is 0.779. The van der Waals surface area contributed by atoms with E-state index in [1.165, 1.54) is 0 Å². The molecule has 1 saturated heterocycles. The number of nitrogens with one attached hydrogen (secondary N) is 2. The molecule has 0 aromatic heterocycles. The maximum absolute atomic E-state index is 12.1. The van der Waals surface area contributed by atoms with Crippen LogP contribution >= 0.6 is 0 Å². The molecule has 0 saturated carbocycles. The minimum atomic E-state index is -1.13. The lowest BCUT2D eigenvalue weighted by Crippen LogP contribution is -2.45. The van der Waals surface area contributed by atoms with Gasteiger partial charge in [-0.1, -0.05) is 6.07 Å². The second-order valence-electron chi connectivity index (χ2n) is 4.42. The third-order valence-corrected chi connectivity index (χ3v) is 3.33. The molecule has 1 atom stereocenters. The Bertz CT molecular complexity index is 560. The quantitative estimate of drug-likeness (QED) is 0.655. The highest BCUT2D eigenvalue weighted by Crippen LogP contribution is 2.37. The van der Waals surface area contributed by atoms with Gasteiger partial charge < -0.3 is 20.5 Å². The van der Waals surface area contributed by atoms with Gasteiger partial charge in [0.25, 0.3) is 5.91 Å². The summed E-state index contributed by atoms with van der Waals surface area (Å²) in [7, 11) is 0. The molecule has 1 unspecified atom stereocenters. The van der Waals surface area contributed by atoms with Crippen LogP contribution in [0.2, 0.25) is 0 Å². The van der Waals surface area contributed by atoms with Crippen molar-refractivity contribution in [2.75, 3.05) is 13.3 Å². The van der Waals surface area contributed by atoms with Crippen molar-refractivity contribution in [1.82, 2.24) is 10.6 Å². The van der Waals surface area contributed by atoms with E-state index in [1.54, 1.807) is 18.2 Å². The van der Waals surface area contributed by atoms with Gasteiger partial charge in [-0.2, -0.15) is 0 Å². The normalized spacial score (nSPS) is 24.3. The zero-order valence-corrected chi connectivity index (χ0v) is 10.1. The Morgan fingerprint density at radius 3 is 2.74 bits per heavy atom. The van der Waals surface area contributed by atoms with Crippen LogP contribution in [0.5, 0.6) is 11.5 Å². The van der Waals surface area contributed by atoms with E-state index < -0.39 is 17.5 Å². The number of ether oxygens (including phenoxy) is 2.